The molecule has 0 amide bonds. The predicted octanol–water partition coefficient (Wildman–Crippen LogP) is 13.3. The Morgan fingerprint density at radius 3 is 1.12 bits per heavy atom. The Balaban J connectivity index is 1.07. The first-order valence-electron chi connectivity index (χ1n) is 18.4. The number of hydrogen-bond acceptors (Lipinski definition) is 2. The second-order valence-corrected chi connectivity index (χ2v) is 14.0. The van der Waals surface area contributed by atoms with Crippen LogP contribution >= 0.6 is 0 Å². The van der Waals surface area contributed by atoms with E-state index in [0.29, 0.717) is 0 Å². The van der Waals surface area contributed by atoms with Crippen LogP contribution in [0, 0.1) is 0 Å². The minimum Gasteiger partial charge on any atom is -0.310 e. The summed E-state index contributed by atoms with van der Waals surface area (Å²) in [6.45, 7) is 0. The number of rotatable bonds is 4. The van der Waals surface area contributed by atoms with Gasteiger partial charge in [0.05, 0.1) is 0 Å². The van der Waals surface area contributed by atoms with Crippen LogP contribution in [-0.4, -0.2) is 0 Å². The van der Waals surface area contributed by atoms with Gasteiger partial charge in [0, 0.05) is 34.1 Å². The molecule has 0 bridgehead atoms. The maximum absolute atomic E-state index is 2.44. The molecule has 0 spiro atoms. The molecule has 248 valence electrons. The molecule has 52 heavy (non-hydrogen) atoms. The number of nitrogens with zero attached hydrogens (tertiary/aromatic N) is 2. The third-order valence-electron chi connectivity index (χ3n) is 11.0. The number of para-hydroxylation sites is 4. The summed E-state index contributed by atoms with van der Waals surface area (Å²) in [5.74, 6) is 0. The number of hydrogen-bond donors (Lipinski definition) is 0. The number of fused-ring (bicyclic) bond motifs is 5. The molecule has 0 aliphatic carbocycles. The van der Waals surface area contributed by atoms with Crippen LogP contribution in [0.5, 0.6) is 0 Å². The summed E-state index contributed by atoms with van der Waals surface area (Å²) in [6.07, 6.45) is 4.03. The SMILES string of the molecule is c1ccc(N2c3ccccc3CCc3cc(-c4ccc(-c5ccc6c(c5)CCc5ccccc5N6c5ccccc5)c5ccccc45)ccc32)cc1. The van der Waals surface area contributed by atoms with Crippen molar-refractivity contribution in [2.45, 2.75) is 25.7 Å². The van der Waals surface area contributed by atoms with Gasteiger partial charge in [0.25, 0.3) is 0 Å². The summed E-state index contributed by atoms with van der Waals surface area (Å²) in [5.41, 5.74) is 18.0. The van der Waals surface area contributed by atoms with Gasteiger partial charge in [0.15, 0.2) is 0 Å². The van der Waals surface area contributed by atoms with Gasteiger partial charge in [-0.25, -0.2) is 0 Å². The van der Waals surface area contributed by atoms with Gasteiger partial charge in [-0.05, 0) is 142 Å². The zero-order valence-corrected chi connectivity index (χ0v) is 29.0. The Labute approximate surface area is 305 Å². The standard InChI is InChI=1S/C50H38N2/c1-3-15-41(16-4-1)51-47-21-11-7-13-35(47)23-25-39-33-37(27-31-49(39)51)43-29-30-44(46-20-10-9-19-45(43)46)38-28-32-50-40(34-38)26-24-36-14-8-12-22-48(36)52(50)42-17-5-2-6-18-42/h1-22,27-34H,23-26H2. The molecule has 0 saturated carbocycles. The largest absolute Gasteiger partial charge is 0.310 e. The van der Waals surface area contributed by atoms with Crippen LogP contribution in [0.25, 0.3) is 33.0 Å². The minimum atomic E-state index is 0.999. The van der Waals surface area contributed by atoms with E-state index in [2.05, 4.69) is 192 Å². The highest BCUT2D eigenvalue weighted by atomic mass is 15.2. The lowest BCUT2D eigenvalue weighted by Gasteiger charge is -2.27. The Morgan fingerprint density at radius 2 is 0.654 bits per heavy atom. The van der Waals surface area contributed by atoms with Crippen molar-refractivity contribution >= 4 is 44.9 Å². The van der Waals surface area contributed by atoms with E-state index in [4.69, 9.17) is 0 Å². The van der Waals surface area contributed by atoms with Crippen molar-refractivity contribution in [3.05, 3.63) is 204 Å². The Bertz CT molecular complexity index is 2410. The summed E-state index contributed by atoms with van der Waals surface area (Å²) in [6, 6.07) is 67.2. The van der Waals surface area contributed by atoms with Crippen molar-refractivity contribution in [2.75, 3.05) is 9.80 Å². The Hall–Kier alpha value is -6.38. The summed E-state index contributed by atoms with van der Waals surface area (Å²) < 4.78 is 0. The molecule has 0 saturated heterocycles. The van der Waals surface area contributed by atoms with Gasteiger partial charge in [0.2, 0.25) is 0 Å². The molecule has 8 aromatic rings. The molecule has 0 aromatic heterocycles. The minimum absolute atomic E-state index is 0.999. The molecule has 2 nitrogen and oxygen atoms in total. The highest BCUT2D eigenvalue weighted by Gasteiger charge is 2.24. The zero-order valence-electron chi connectivity index (χ0n) is 29.0. The van der Waals surface area contributed by atoms with E-state index >= 15 is 0 Å². The first-order chi connectivity index (χ1) is 25.8. The van der Waals surface area contributed by atoms with E-state index < -0.39 is 0 Å². The molecule has 8 aromatic carbocycles. The average Bonchev–Trinajstić information content (AvgIpc) is 3.48. The monoisotopic (exact) mass is 666 g/mol. The van der Waals surface area contributed by atoms with Gasteiger partial charge in [-0.3, -0.25) is 0 Å². The lowest BCUT2D eigenvalue weighted by molar-refractivity contribution is 0.978. The van der Waals surface area contributed by atoms with Gasteiger partial charge in [-0.1, -0.05) is 121 Å². The number of benzene rings is 8. The fourth-order valence-electron chi connectivity index (χ4n) is 8.53. The van der Waals surface area contributed by atoms with E-state index in [1.54, 1.807) is 0 Å². The van der Waals surface area contributed by atoms with Crippen molar-refractivity contribution in [3.8, 4) is 22.3 Å². The number of aryl methyl sites for hydroxylation is 4. The summed E-state index contributed by atoms with van der Waals surface area (Å²) in [5, 5.41) is 2.56. The maximum atomic E-state index is 2.44. The van der Waals surface area contributed by atoms with Crippen molar-refractivity contribution in [1.82, 2.24) is 0 Å². The predicted molar refractivity (Wildman–Crippen MR) is 219 cm³/mol. The van der Waals surface area contributed by atoms with E-state index in [1.807, 2.05) is 0 Å². The van der Waals surface area contributed by atoms with Crippen LogP contribution < -0.4 is 9.80 Å². The van der Waals surface area contributed by atoms with Gasteiger partial charge in [-0.2, -0.15) is 0 Å². The fourth-order valence-corrected chi connectivity index (χ4v) is 8.53. The van der Waals surface area contributed by atoms with E-state index in [9.17, 15) is 0 Å². The molecule has 2 aliphatic rings. The van der Waals surface area contributed by atoms with Crippen LogP contribution in [0.2, 0.25) is 0 Å². The fraction of sp³-hybridized carbons (Fsp3) is 0.0800. The molecule has 0 unspecified atom stereocenters. The average molecular weight is 667 g/mol. The van der Waals surface area contributed by atoms with E-state index in [0.717, 1.165) is 25.7 Å². The lowest BCUT2D eigenvalue weighted by Crippen LogP contribution is -2.11. The van der Waals surface area contributed by atoms with Crippen LogP contribution in [0.1, 0.15) is 22.3 Å². The van der Waals surface area contributed by atoms with Crippen molar-refractivity contribution in [1.29, 1.82) is 0 Å². The molecular weight excluding hydrogens is 629 g/mol. The van der Waals surface area contributed by atoms with Gasteiger partial charge in [0.1, 0.15) is 0 Å². The summed E-state index contributed by atoms with van der Waals surface area (Å²) >= 11 is 0. The second kappa shape index (κ2) is 12.7. The maximum Gasteiger partial charge on any atom is 0.0494 e. The van der Waals surface area contributed by atoms with Gasteiger partial charge >= 0.3 is 0 Å². The first-order valence-corrected chi connectivity index (χ1v) is 18.4. The van der Waals surface area contributed by atoms with Gasteiger partial charge in [-0.15, -0.1) is 0 Å². The smallest absolute Gasteiger partial charge is 0.0494 e. The zero-order chi connectivity index (χ0) is 34.4. The van der Waals surface area contributed by atoms with Gasteiger partial charge < -0.3 is 9.80 Å². The first kappa shape index (κ1) is 30.4. The van der Waals surface area contributed by atoms with Crippen LogP contribution in [0.3, 0.4) is 0 Å². The molecule has 2 aliphatic heterocycles. The molecular formula is C50H38N2. The highest BCUT2D eigenvalue weighted by Crippen LogP contribution is 2.46. The lowest BCUT2D eigenvalue weighted by atomic mass is 9.90. The van der Waals surface area contributed by atoms with Crippen molar-refractivity contribution < 1.29 is 0 Å². The van der Waals surface area contributed by atoms with Crippen LogP contribution in [0.4, 0.5) is 34.1 Å². The van der Waals surface area contributed by atoms with E-state index in [-0.39, 0.29) is 0 Å². The third kappa shape index (κ3) is 5.18. The quantitative estimate of drug-likeness (QED) is 0.184. The van der Waals surface area contributed by atoms with E-state index in [1.165, 1.54) is 89.4 Å². The summed E-state index contributed by atoms with van der Waals surface area (Å²) in [4.78, 5) is 4.89. The third-order valence-corrected chi connectivity index (χ3v) is 11.0. The molecule has 0 atom stereocenters. The Morgan fingerprint density at radius 1 is 0.288 bits per heavy atom. The topological polar surface area (TPSA) is 6.48 Å². The van der Waals surface area contributed by atoms with Crippen molar-refractivity contribution in [2.24, 2.45) is 0 Å². The second-order valence-electron chi connectivity index (χ2n) is 14.0. The normalized spacial score (nSPS) is 13.4. The van der Waals surface area contributed by atoms with Crippen molar-refractivity contribution in [3.63, 3.8) is 0 Å². The molecule has 2 heteroatoms. The molecule has 0 fully saturated rings. The molecule has 2 heterocycles. The van der Waals surface area contributed by atoms with Crippen LogP contribution in [0.15, 0.2) is 182 Å². The highest BCUT2D eigenvalue weighted by molar-refractivity contribution is 6.05. The summed E-state index contributed by atoms with van der Waals surface area (Å²) in [7, 11) is 0. The Kier molecular flexibility index (Phi) is 7.46. The molecule has 0 N–H and O–H groups in total. The molecule has 0 radical (unpaired) electrons. The number of anilines is 6. The molecule has 10 rings (SSSR count). The van der Waals surface area contributed by atoms with Crippen LogP contribution in [-0.2, 0) is 25.7 Å².